The molecule has 1 saturated heterocycles. The van der Waals surface area contributed by atoms with Gasteiger partial charge in [-0.15, -0.1) is 0 Å². The van der Waals surface area contributed by atoms with E-state index in [1.54, 1.807) is 12.1 Å². The van der Waals surface area contributed by atoms with Crippen LogP contribution < -0.4 is 20.5 Å². The van der Waals surface area contributed by atoms with Gasteiger partial charge in [-0.1, -0.05) is 6.42 Å². The first kappa shape index (κ1) is 25.0. The third kappa shape index (κ3) is 6.75. The summed E-state index contributed by atoms with van der Waals surface area (Å²) in [5.41, 5.74) is 8.75. The number of hydrogen-bond acceptors (Lipinski definition) is 9. The van der Waals surface area contributed by atoms with Gasteiger partial charge in [0.05, 0.1) is 5.69 Å². The normalized spacial score (nSPS) is 13.4. The van der Waals surface area contributed by atoms with Crippen LogP contribution in [-0.4, -0.2) is 46.1 Å². The lowest BCUT2D eigenvalue weighted by atomic mass is 10.1. The zero-order valence-corrected chi connectivity index (χ0v) is 21.0. The lowest BCUT2D eigenvalue weighted by molar-refractivity contribution is 0.183. The highest BCUT2D eigenvalue weighted by Gasteiger charge is 2.10. The van der Waals surface area contributed by atoms with Gasteiger partial charge in [0.1, 0.15) is 41.4 Å². The van der Waals surface area contributed by atoms with Crippen molar-refractivity contribution in [3.63, 3.8) is 0 Å². The summed E-state index contributed by atoms with van der Waals surface area (Å²) in [6.07, 6.45) is 5.44. The first-order valence-electron chi connectivity index (χ1n) is 12.7. The van der Waals surface area contributed by atoms with Crippen molar-refractivity contribution < 1.29 is 9.47 Å². The van der Waals surface area contributed by atoms with Crippen LogP contribution in [0.25, 0.3) is 11.3 Å². The fourth-order valence-electron chi connectivity index (χ4n) is 4.30. The molecule has 9 heteroatoms. The van der Waals surface area contributed by atoms with Gasteiger partial charge in [-0.25, -0.2) is 9.97 Å². The van der Waals surface area contributed by atoms with Crippen LogP contribution in [0.1, 0.15) is 25.0 Å². The van der Waals surface area contributed by atoms with Crippen molar-refractivity contribution in [2.75, 3.05) is 37.3 Å². The van der Waals surface area contributed by atoms with Gasteiger partial charge in [0.2, 0.25) is 5.95 Å². The minimum absolute atomic E-state index is 0.179. The Kier molecular flexibility index (Phi) is 7.92. The number of anilines is 3. The van der Waals surface area contributed by atoms with Crippen LogP contribution in [0, 0.1) is 11.3 Å². The van der Waals surface area contributed by atoms with Gasteiger partial charge >= 0.3 is 0 Å². The van der Waals surface area contributed by atoms with Crippen LogP contribution in [0.15, 0.2) is 72.9 Å². The number of nitrogens with one attached hydrogen (secondary N) is 1. The SMILES string of the molecule is N#Cc1cc(Oc2ccc(Nc3cc(-c4ccc(OCCN5CCCCC5)cc4)nc(N)n3)cc2)ccn1. The number of piperidine rings is 1. The summed E-state index contributed by atoms with van der Waals surface area (Å²) in [4.78, 5) is 15.1. The number of hydrogen-bond donors (Lipinski definition) is 2. The number of nitrogen functional groups attached to an aromatic ring is 1. The number of aromatic nitrogens is 3. The minimum atomic E-state index is 0.179. The highest BCUT2D eigenvalue weighted by atomic mass is 16.5. The highest BCUT2D eigenvalue weighted by Crippen LogP contribution is 2.27. The van der Waals surface area contributed by atoms with E-state index >= 15 is 0 Å². The molecule has 1 aliphatic heterocycles. The second-order valence-electron chi connectivity index (χ2n) is 9.01. The third-order valence-electron chi connectivity index (χ3n) is 6.23. The Bertz CT molecular complexity index is 1400. The smallest absolute Gasteiger partial charge is 0.222 e. The maximum Gasteiger partial charge on any atom is 0.222 e. The van der Waals surface area contributed by atoms with Gasteiger partial charge in [-0.3, -0.25) is 4.90 Å². The molecule has 0 unspecified atom stereocenters. The Morgan fingerprint density at radius 2 is 1.66 bits per heavy atom. The van der Waals surface area contributed by atoms with E-state index < -0.39 is 0 Å². The van der Waals surface area contributed by atoms with Crippen molar-refractivity contribution in [2.45, 2.75) is 19.3 Å². The van der Waals surface area contributed by atoms with Gasteiger partial charge in [0, 0.05) is 36.1 Å². The van der Waals surface area contributed by atoms with Crippen molar-refractivity contribution in [3.05, 3.63) is 78.6 Å². The van der Waals surface area contributed by atoms with Crippen molar-refractivity contribution in [2.24, 2.45) is 0 Å². The summed E-state index contributed by atoms with van der Waals surface area (Å²) < 4.78 is 11.8. The molecule has 3 heterocycles. The first-order valence-corrected chi connectivity index (χ1v) is 12.7. The Labute approximate surface area is 221 Å². The molecule has 0 spiro atoms. The van der Waals surface area contributed by atoms with Crippen molar-refractivity contribution in [1.29, 1.82) is 5.26 Å². The topological polar surface area (TPSA) is 122 Å². The quantitative estimate of drug-likeness (QED) is 0.307. The van der Waals surface area contributed by atoms with Crippen molar-refractivity contribution in [1.82, 2.24) is 19.9 Å². The highest BCUT2D eigenvalue weighted by molar-refractivity contribution is 5.67. The monoisotopic (exact) mass is 507 g/mol. The largest absolute Gasteiger partial charge is 0.492 e. The second kappa shape index (κ2) is 12.0. The van der Waals surface area contributed by atoms with E-state index in [0.29, 0.717) is 35.3 Å². The number of nitrogens with two attached hydrogens (primary N) is 1. The molecule has 0 radical (unpaired) electrons. The van der Waals surface area contributed by atoms with E-state index in [0.717, 1.165) is 23.5 Å². The molecule has 0 bridgehead atoms. The molecule has 1 aliphatic rings. The number of pyridine rings is 1. The molecule has 0 saturated carbocycles. The molecule has 0 amide bonds. The second-order valence-corrected chi connectivity index (χ2v) is 9.01. The number of rotatable bonds is 9. The average Bonchev–Trinajstić information content (AvgIpc) is 2.95. The zero-order chi connectivity index (χ0) is 26.2. The number of benzene rings is 2. The molecule has 9 nitrogen and oxygen atoms in total. The average molecular weight is 508 g/mol. The van der Waals surface area contributed by atoms with Gasteiger partial charge in [0.25, 0.3) is 0 Å². The zero-order valence-electron chi connectivity index (χ0n) is 21.0. The summed E-state index contributed by atoms with van der Waals surface area (Å²) in [6, 6.07) is 22.4. The lowest BCUT2D eigenvalue weighted by Gasteiger charge is -2.26. The van der Waals surface area contributed by atoms with Crippen molar-refractivity contribution in [3.8, 4) is 34.6 Å². The van der Waals surface area contributed by atoms with E-state index in [9.17, 15) is 0 Å². The summed E-state index contributed by atoms with van der Waals surface area (Å²) in [5.74, 6) is 2.77. The molecule has 0 atom stereocenters. The number of likely N-dealkylation sites (tertiary alicyclic amines) is 1. The Morgan fingerprint density at radius 1 is 0.895 bits per heavy atom. The van der Waals surface area contributed by atoms with Gasteiger partial charge in [-0.05, 0) is 80.5 Å². The number of nitriles is 1. The van der Waals surface area contributed by atoms with E-state index in [-0.39, 0.29) is 5.95 Å². The molecule has 2 aromatic carbocycles. The lowest BCUT2D eigenvalue weighted by Crippen LogP contribution is -2.33. The van der Waals surface area contributed by atoms with E-state index in [2.05, 4.69) is 25.2 Å². The third-order valence-corrected chi connectivity index (χ3v) is 6.23. The molecule has 3 N–H and O–H groups in total. The van der Waals surface area contributed by atoms with Crippen LogP contribution in [0.5, 0.6) is 17.2 Å². The van der Waals surface area contributed by atoms with Crippen molar-refractivity contribution >= 4 is 17.5 Å². The first-order chi connectivity index (χ1) is 18.6. The van der Waals surface area contributed by atoms with Gasteiger partial charge in [-0.2, -0.15) is 10.2 Å². The standard InChI is InChI=1S/C29H29N7O2/c30-20-23-18-26(12-13-32-23)38-25-10-6-22(7-11-25)33-28-19-27(34-29(31)35-28)21-4-8-24(9-5-21)37-17-16-36-14-2-1-3-15-36/h4-13,18-19H,1-3,14-17H2,(H3,31,33,34,35). The molecular formula is C29H29N7O2. The van der Waals surface area contributed by atoms with E-state index in [4.69, 9.17) is 20.5 Å². The fraction of sp³-hybridized carbons (Fsp3) is 0.241. The van der Waals surface area contributed by atoms with E-state index in [1.165, 1.54) is 38.5 Å². The van der Waals surface area contributed by atoms with Crippen LogP contribution in [0.4, 0.5) is 17.5 Å². The molecule has 2 aromatic heterocycles. The molecule has 0 aliphatic carbocycles. The van der Waals surface area contributed by atoms with Crippen LogP contribution in [-0.2, 0) is 0 Å². The number of ether oxygens (including phenoxy) is 2. The minimum Gasteiger partial charge on any atom is -0.492 e. The fourth-order valence-corrected chi connectivity index (χ4v) is 4.30. The van der Waals surface area contributed by atoms with Crippen LogP contribution in [0.2, 0.25) is 0 Å². The summed E-state index contributed by atoms with van der Waals surface area (Å²) in [6.45, 7) is 3.97. The Hall–Kier alpha value is -4.68. The summed E-state index contributed by atoms with van der Waals surface area (Å²) in [7, 11) is 0. The molecule has 5 rings (SSSR count). The molecule has 4 aromatic rings. The maximum absolute atomic E-state index is 9.00. The van der Waals surface area contributed by atoms with E-state index in [1.807, 2.05) is 60.7 Å². The predicted molar refractivity (Wildman–Crippen MR) is 146 cm³/mol. The molecule has 38 heavy (non-hydrogen) atoms. The summed E-state index contributed by atoms with van der Waals surface area (Å²) >= 11 is 0. The molecule has 1 fully saturated rings. The van der Waals surface area contributed by atoms with Gasteiger partial charge < -0.3 is 20.5 Å². The molecule has 192 valence electrons. The number of nitrogens with zero attached hydrogens (tertiary/aromatic N) is 5. The molecular weight excluding hydrogens is 478 g/mol. The van der Waals surface area contributed by atoms with Crippen LogP contribution >= 0.6 is 0 Å². The maximum atomic E-state index is 9.00. The Balaban J connectivity index is 1.20. The van der Waals surface area contributed by atoms with Gasteiger partial charge in [0.15, 0.2) is 0 Å². The summed E-state index contributed by atoms with van der Waals surface area (Å²) in [5, 5.41) is 12.3. The predicted octanol–water partition coefficient (Wildman–Crippen LogP) is 5.39. The Morgan fingerprint density at radius 3 is 2.42 bits per heavy atom. The van der Waals surface area contributed by atoms with Crippen LogP contribution in [0.3, 0.4) is 0 Å².